The molecule has 0 aliphatic heterocycles. The molecule has 0 aromatic rings. The van der Waals surface area contributed by atoms with Crippen LogP contribution in [0.4, 0.5) is 0 Å². The van der Waals surface area contributed by atoms with Crippen LogP contribution >= 0.6 is 0 Å². The van der Waals surface area contributed by atoms with Gasteiger partial charge in [-0.1, -0.05) is 72.9 Å². The summed E-state index contributed by atoms with van der Waals surface area (Å²) in [5, 5.41) is 0. The standard InChI is InChI=1S/C24H20/c1-2-18-9-17(1)13-19-3-4-21(10-19)15-23-7-8-24(12-23)16-22-6-5-20(11-22)14-18/h1-3,6-8,10-11,13-16H,4-5,9,12H2. The Morgan fingerprint density at radius 1 is 0.417 bits per heavy atom. The van der Waals surface area contributed by atoms with E-state index in [1.54, 1.807) is 0 Å². The molecule has 0 aromatic heterocycles. The Morgan fingerprint density at radius 2 is 0.792 bits per heavy atom. The summed E-state index contributed by atoms with van der Waals surface area (Å²) in [5.74, 6) is 0. The van der Waals surface area contributed by atoms with Crippen molar-refractivity contribution in [2.45, 2.75) is 25.7 Å². The maximum Gasteiger partial charge on any atom is -0.00255 e. The molecule has 5 rings (SSSR count). The minimum Gasteiger partial charge on any atom is -0.0728 e. The van der Waals surface area contributed by atoms with Crippen molar-refractivity contribution in [2.75, 3.05) is 0 Å². The molecule has 0 N–H and O–H groups in total. The molecule has 0 aromatic carbocycles. The van der Waals surface area contributed by atoms with E-state index < -0.39 is 0 Å². The Morgan fingerprint density at radius 3 is 1.25 bits per heavy atom. The van der Waals surface area contributed by atoms with E-state index >= 15 is 0 Å². The van der Waals surface area contributed by atoms with Crippen molar-refractivity contribution in [3.8, 4) is 0 Å². The molecule has 0 amide bonds. The molecule has 0 saturated carbocycles. The van der Waals surface area contributed by atoms with E-state index in [0.717, 1.165) is 25.7 Å². The average molecular weight is 308 g/mol. The van der Waals surface area contributed by atoms with Gasteiger partial charge in [-0.2, -0.15) is 0 Å². The minimum atomic E-state index is 1.05. The van der Waals surface area contributed by atoms with Gasteiger partial charge in [0.25, 0.3) is 0 Å². The van der Waals surface area contributed by atoms with E-state index in [0.29, 0.717) is 0 Å². The lowest BCUT2D eigenvalue weighted by molar-refractivity contribution is 1.23. The lowest BCUT2D eigenvalue weighted by Crippen LogP contribution is -1.80. The van der Waals surface area contributed by atoms with Crippen molar-refractivity contribution in [3.63, 3.8) is 0 Å². The van der Waals surface area contributed by atoms with Crippen LogP contribution in [0.1, 0.15) is 25.7 Å². The maximum absolute atomic E-state index is 2.37. The van der Waals surface area contributed by atoms with Gasteiger partial charge >= 0.3 is 0 Å². The molecule has 8 bridgehead atoms. The summed E-state index contributed by atoms with van der Waals surface area (Å²) in [5.41, 5.74) is 11.2. The summed E-state index contributed by atoms with van der Waals surface area (Å²) in [4.78, 5) is 0. The van der Waals surface area contributed by atoms with Crippen LogP contribution < -0.4 is 0 Å². The molecule has 0 radical (unpaired) electrons. The molecular formula is C24H20. The Kier molecular flexibility index (Phi) is 3.16. The van der Waals surface area contributed by atoms with E-state index in [1.807, 2.05) is 0 Å². The van der Waals surface area contributed by atoms with E-state index in [2.05, 4.69) is 72.9 Å². The maximum atomic E-state index is 2.37. The molecule has 0 nitrogen and oxygen atoms in total. The Hall–Kier alpha value is -2.60. The molecule has 5 aliphatic carbocycles. The largest absolute Gasteiger partial charge is 0.0728 e. The highest BCUT2D eigenvalue weighted by Gasteiger charge is 2.13. The van der Waals surface area contributed by atoms with Crippen LogP contribution in [0.2, 0.25) is 0 Å². The van der Waals surface area contributed by atoms with Gasteiger partial charge in [0.05, 0.1) is 0 Å². The first kappa shape index (κ1) is 13.8. The number of fused-ring (bicyclic) bond motifs is 6. The normalized spacial score (nSPS) is 24.0. The molecular weight excluding hydrogens is 288 g/mol. The first-order valence-electron chi connectivity index (χ1n) is 8.80. The molecule has 116 valence electrons. The number of hydrogen-bond donors (Lipinski definition) is 0. The molecule has 0 atom stereocenters. The zero-order valence-corrected chi connectivity index (χ0v) is 13.8. The summed E-state index contributed by atoms with van der Waals surface area (Å²) in [6, 6.07) is 0. The van der Waals surface area contributed by atoms with Crippen molar-refractivity contribution < 1.29 is 0 Å². The van der Waals surface area contributed by atoms with E-state index in [-0.39, 0.29) is 0 Å². The van der Waals surface area contributed by atoms with Crippen LogP contribution in [0.25, 0.3) is 0 Å². The topological polar surface area (TPSA) is 0 Å². The molecule has 0 unspecified atom stereocenters. The predicted octanol–water partition coefficient (Wildman–Crippen LogP) is 6.14. The highest BCUT2D eigenvalue weighted by atomic mass is 14.2. The van der Waals surface area contributed by atoms with Crippen LogP contribution in [0.15, 0.2) is 117 Å². The molecule has 0 saturated heterocycles. The Labute approximate surface area is 143 Å². The highest BCUT2D eigenvalue weighted by Crippen LogP contribution is 2.32. The number of allylic oxidation sites excluding steroid dienone is 20. The molecule has 0 spiro atoms. The van der Waals surface area contributed by atoms with Crippen LogP contribution in [0, 0.1) is 0 Å². The summed E-state index contributed by atoms with van der Waals surface area (Å²) < 4.78 is 0. The van der Waals surface area contributed by atoms with Gasteiger partial charge in [0.15, 0.2) is 0 Å². The van der Waals surface area contributed by atoms with Gasteiger partial charge < -0.3 is 0 Å². The van der Waals surface area contributed by atoms with Gasteiger partial charge in [0.2, 0.25) is 0 Å². The quantitative estimate of drug-likeness (QED) is 0.504. The van der Waals surface area contributed by atoms with Gasteiger partial charge in [-0.25, -0.2) is 0 Å². The fourth-order valence-electron chi connectivity index (χ4n) is 3.97. The minimum absolute atomic E-state index is 1.05. The van der Waals surface area contributed by atoms with Crippen molar-refractivity contribution in [2.24, 2.45) is 0 Å². The van der Waals surface area contributed by atoms with Crippen LogP contribution in [-0.2, 0) is 0 Å². The van der Waals surface area contributed by atoms with Crippen molar-refractivity contribution in [1.29, 1.82) is 0 Å². The van der Waals surface area contributed by atoms with Crippen molar-refractivity contribution in [1.82, 2.24) is 0 Å². The Bertz CT molecular complexity index is 847. The van der Waals surface area contributed by atoms with Crippen molar-refractivity contribution in [3.05, 3.63) is 117 Å². The van der Waals surface area contributed by atoms with E-state index in [1.165, 1.54) is 44.6 Å². The third kappa shape index (κ3) is 2.69. The third-order valence-corrected chi connectivity index (χ3v) is 5.14. The van der Waals surface area contributed by atoms with Crippen LogP contribution in [0.3, 0.4) is 0 Å². The summed E-state index contributed by atoms with van der Waals surface area (Å²) in [6.07, 6.45) is 32.1. The van der Waals surface area contributed by atoms with Crippen molar-refractivity contribution >= 4 is 0 Å². The summed E-state index contributed by atoms with van der Waals surface area (Å²) in [7, 11) is 0. The molecule has 0 heteroatoms. The second kappa shape index (κ2) is 5.49. The summed E-state index contributed by atoms with van der Waals surface area (Å²) in [6.45, 7) is 0. The van der Waals surface area contributed by atoms with E-state index in [4.69, 9.17) is 0 Å². The van der Waals surface area contributed by atoms with Gasteiger partial charge in [-0.3, -0.25) is 0 Å². The first-order chi connectivity index (χ1) is 11.8. The lowest BCUT2D eigenvalue weighted by Gasteiger charge is -1.99. The fraction of sp³-hybridized carbons (Fsp3) is 0.167. The summed E-state index contributed by atoms with van der Waals surface area (Å²) >= 11 is 0. The highest BCUT2D eigenvalue weighted by molar-refractivity contribution is 5.56. The fourth-order valence-corrected chi connectivity index (χ4v) is 3.97. The first-order valence-corrected chi connectivity index (χ1v) is 8.80. The zero-order chi connectivity index (χ0) is 15.9. The van der Waals surface area contributed by atoms with Gasteiger partial charge in [-0.15, -0.1) is 0 Å². The second-order valence-electron chi connectivity index (χ2n) is 7.15. The van der Waals surface area contributed by atoms with E-state index in [9.17, 15) is 0 Å². The Balaban J connectivity index is 1.56. The van der Waals surface area contributed by atoms with Crippen LogP contribution in [0.5, 0.6) is 0 Å². The number of hydrogen-bond acceptors (Lipinski definition) is 0. The van der Waals surface area contributed by atoms with Gasteiger partial charge in [-0.05, 0) is 70.3 Å². The molecule has 0 fully saturated rings. The molecule has 5 aliphatic rings. The van der Waals surface area contributed by atoms with Gasteiger partial charge in [0.1, 0.15) is 0 Å². The van der Waals surface area contributed by atoms with Gasteiger partial charge in [0, 0.05) is 0 Å². The van der Waals surface area contributed by atoms with Crippen LogP contribution in [-0.4, -0.2) is 0 Å². The second-order valence-corrected chi connectivity index (χ2v) is 7.15. The SMILES string of the molecule is C1=CC2=CC3=CC(=CC3)C=C3C=CC(=CC4=CC(=CC4)C=C1C2)C3. The zero-order valence-electron chi connectivity index (χ0n) is 13.8. The predicted molar refractivity (Wildman–Crippen MR) is 101 cm³/mol. The lowest BCUT2D eigenvalue weighted by atomic mass is 10.1. The molecule has 0 heterocycles. The average Bonchev–Trinajstić information content (AvgIpc) is 3.32. The monoisotopic (exact) mass is 308 g/mol. The number of rotatable bonds is 0. The smallest absolute Gasteiger partial charge is 0.00255 e. The third-order valence-electron chi connectivity index (χ3n) is 5.14. The molecule has 24 heavy (non-hydrogen) atoms.